The fraction of sp³-hybridized carbons (Fsp3) is 0.714. The van der Waals surface area contributed by atoms with Crippen LogP contribution in [0, 0.1) is 5.41 Å². The fourth-order valence-electron chi connectivity index (χ4n) is 2.12. The summed E-state index contributed by atoms with van der Waals surface area (Å²) in [6.45, 7) is 4.63. The van der Waals surface area contributed by atoms with E-state index in [1.807, 2.05) is 0 Å². The van der Waals surface area contributed by atoms with Crippen LogP contribution in [-0.4, -0.2) is 34.3 Å². The number of hydrogen-bond donors (Lipinski definition) is 0. The van der Waals surface area contributed by atoms with Crippen molar-refractivity contribution < 1.29 is 27.4 Å². The van der Waals surface area contributed by atoms with Gasteiger partial charge in [0.05, 0.1) is 0 Å². The lowest BCUT2D eigenvalue weighted by Crippen LogP contribution is -2.48. The number of aromatic nitrogens is 2. The predicted molar refractivity (Wildman–Crippen MR) is 71.7 cm³/mol. The molecule has 1 aliphatic carbocycles. The van der Waals surface area contributed by atoms with Gasteiger partial charge in [-0.2, -0.15) is 17.9 Å². The third kappa shape index (κ3) is 3.53. The van der Waals surface area contributed by atoms with Crippen molar-refractivity contribution in [2.45, 2.75) is 51.8 Å². The molecule has 0 atom stereocenters. The number of nitrogens with zero attached hydrogens (tertiary/aromatic N) is 2. The van der Waals surface area contributed by atoms with Crippen molar-refractivity contribution in [3.63, 3.8) is 0 Å². The second-order valence-electron chi connectivity index (χ2n) is 6.50. The van der Waals surface area contributed by atoms with Crippen LogP contribution < -0.4 is 4.74 Å². The van der Waals surface area contributed by atoms with Gasteiger partial charge in [0, 0.05) is 12.3 Å². The molecule has 0 bridgehead atoms. The number of carbonyl (C=O) groups excluding carboxylic acids is 1. The molecule has 0 saturated heterocycles. The van der Waals surface area contributed by atoms with Gasteiger partial charge in [-0.3, -0.25) is 0 Å². The molecule has 1 heterocycles. The van der Waals surface area contributed by atoms with E-state index in [9.17, 15) is 18.0 Å². The van der Waals surface area contributed by atoms with Crippen molar-refractivity contribution in [1.82, 2.24) is 9.78 Å². The average Bonchev–Trinajstić information content (AvgIpc) is 2.71. The summed E-state index contributed by atoms with van der Waals surface area (Å²) in [5.74, 6) is -0.0265. The van der Waals surface area contributed by atoms with Crippen LogP contribution in [0.15, 0.2) is 12.3 Å². The summed E-state index contributed by atoms with van der Waals surface area (Å²) in [4.78, 5) is 11.7. The summed E-state index contributed by atoms with van der Waals surface area (Å²) in [5, 5.41) is 3.79. The normalized spacial score (nSPS) is 17.7. The smallest absolute Gasteiger partial charge is 0.435 e. The molecule has 0 spiro atoms. The Labute approximate surface area is 126 Å². The maximum absolute atomic E-state index is 13.0. The number of carbonyl (C=O) groups is 1. The first-order valence-corrected chi connectivity index (χ1v) is 7.01. The van der Waals surface area contributed by atoms with Crippen molar-refractivity contribution in [3.8, 4) is 5.88 Å². The van der Waals surface area contributed by atoms with E-state index in [0.29, 0.717) is 6.42 Å². The molecule has 0 amide bonds. The molecule has 0 aromatic carbocycles. The topological polar surface area (TPSA) is 53.4 Å². The van der Waals surface area contributed by atoms with Gasteiger partial charge in [-0.15, -0.1) is 5.10 Å². The molecule has 0 N–H and O–H groups in total. The Hall–Kier alpha value is -1.73. The Morgan fingerprint density at radius 1 is 1.36 bits per heavy atom. The Kier molecular flexibility index (Phi) is 4.14. The van der Waals surface area contributed by atoms with Crippen LogP contribution in [0.25, 0.3) is 0 Å². The third-order valence-corrected chi connectivity index (χ3v) is 3.55. The van der Waals surface area contributed by atoms with Gasteiger partial charge in [-0.05, 0) is 33.6 Å². The van der Waals surface area contributed by atoms with Crippen molar-refractivity contribution in [2.75, 3.05) is 6.61 Å². The summed E-state index contributed by atoms with van der Waals surface area (Å²) in [7, 11) is 0. The highest BCUT2D eigenvalue weighted by molar-refractivity contribution is 5.69. The first-order chi connectivity index (χ1) is 10.0. The number of ether oxygens (including phenoxy) is 2. The standard InChI is InChI=1S/C14H19F3N2O3/c1-12(2,3)22-11(20)19-8-5-10(18-19)21-9-13(6-4-7-13)14(15,16)17/h5,8H,4,6-7,9H2,1-3H3. The zero-order valence-electron chi connectivity index (χ0n) is 12.7. The van der Waals surface area contributed by atoms with Gasteiger partial charge in [0.2, 0.25) is 5.88 Å². The third-order valence-electron chi connectivity index (χ3n) is 3.55. The van der Waals surface area contributed by atoms with E-state index in [0.717, 1.165) is 4.68 Å². The van der Waals surface area contributed by atoms with Crippen LogP contribution in [0.2, 0.25) is 0 Å². The van der Waals surface area contributed by atoms with Crippen molar-refractivity contribution in [3.05, 3.63) is 12.3 Å². The van der Waals surface area contributed by atoms with Crippen LogP contribution >= 0.6 is 0 Å². The molecule has 0 radical (unpaired) electrons. The monoisotopic (exact) mass is 320 g/mol. The van der Waals surface area contributed by atoms with Crippen LogP contribution in [0.4, 0.5) is 18.0 Å². The molecule has 0 aliphatic heterocycles. The largest absolute Gasteiger partial charge is 0.476 e. The summed E-state index contributed by atoms with van der Waals surface area (Å²) >= 11 is 0. The van der Waals surface area contributed by atoms with Crippen LogP contribution in [0.1, 0.15) is 40.0 Å². The molecule has 0 unspecified atom stereocenters. The van der Waals surface area contributed by atoms with E-state index in [-0.39, 0.29) is 18.7 Å². The molecular weight excluding hydrogens is 301 g/mol. The SMILES string of the molecule is CC(C)(C)OC(=O)n1ccc(OCC2(C(F)(F)F)CCC2)n1. The van der Waals surface area contributed by atoms with E-state index < -0.39 is 29.9 Å². The fourth-order valence-corrected chi connectivity index (χ4v) is 2.12. The quantitative estimate of drug-likeness (QED) is 0.850. The van der Waals surface area contributed by atoms with Crippen LogP contribution in [-0.2, 0) is 4.74 Å². The van der Waals surface area contributed by atoms with Gasteiger partial charge in [0.15, 0.2) is 0 Å². The predicted octanol–water partition coefficient (Wildman–Crippen LogP) is 3.78. The number of rotatable bonds is 3. The lowest BCUT2D eigenvalue weighted by molar-refractivity contribution is -0.259. The minimum absolute atomic E-state index is 0.0265. The molecule has 1 aromatic rings. The van der Waals surface area contributed by atoms with E-state index in [1.165, 1.54) is 12.3 Å². The van der Waals surface area contributed by atoms with E-state index in [4.69, 9.17) is 9.47 Å². The molecule has 1 aromatic heterocycles. The van der Waals surface area contributed by atoms with E-state index in [2.05, 4.69) is 5.10 Å². The molecule has 1 fully saturated rings. The van der Waals surface area contributed by atoms with Crippen LogP contribution in [0.3, 0.4) is 0 Å². The van der Waals surface area contributed by atoms with Gasteiger partial charge < -0.3 is 9.47 Å². The van der Waals surface area contributed by atoms with Gasteiger partial charge in [-0.25, -0.2) is 4.79 Å². The summed E-state index contributed by atoms with van der Waals surface area (Å²) in [6, 6.07) is 1.34. The maximum atomic E-state index is 13.0. The second-order valence-corrected chi connectivity index (χ2v) is 6.50. The Bertz CT molecular complexity index is 542. The highest BCUT2D eigenvalue weighted by Crippen LogP contribution is 2.53. The number of alkyl halides is 3. The Morgan fingerprint density at radius 2 is 2.00 bits per heavy atom. The summed E-state index contributed by atoms with van der Waals surface area (Å²) in [5.41, 5.74) is -2.47. The Balaban J connectivity index is 1.97. The second kappa shape index (κ2) is 5.48. The summed E-state index contributed by atoms with van der Waals surface area (Å²) in [6.07, 6.45) is -3.05. The van der Waals surface area contributed by atoms with Gasteiger partial charge in [-0.1, -0.05) is 6.42 Å². The minimum Gasteiger partial charge on any atom is -0.476 e. The first kappa shape index (κ1) is 16.6. The molecule has 8 heteroatoms. The lowest BCUT2D eigenvalue weighted by atomic mass is 9.69. The number of hydrogen-bond acceptors (Lipinski definition) is 4. The molecule has 1 saturated carbocycles. The highest BCUT2D eigenvalue weighted by atomic mass is 19.4. The average molecular weight is 320 g/mol. The molecule has 1 aliphatic rings. The lowest BCUT2D eigenvalue weighted by Gasteiger charge is -2.42. The van der Waals surface area contributed by atoms with Crippen LogP contribution in [0.5, 0.6) is 5.88 Å². The Morgan fingerprint density at radius 3 is 2.45 bits per heavy atom. The van der Waals surface area contributed by atoms with E-state index >= 15 is 0 Å². The number of halogens is 3. The minimum atomic E-state index is -4.29. The molecule has 2 rings (SSSR count). The first-order valence-electron chi connectivity index (χ1n) is 7.01. The van der Waals surface area contributed by atoms with Gasteiger partial charge in [0.1, 0.15) is 17.6 Å². The molecule has 124 valence electrons. The van der Waals surface area contributed by atoms with Crippen molar-refractivity contribution in [2.24, 2.45) is 5.41 Å². The summed E-state index contributed by atoms with van der Waals surface area (Å²) < 4.78 is 50.1. The van der Waals surface area contributed by atoms with Crippen molar-refractivity contribution in [1.29, 1.82) is 0 Å². The van der Waals surface area contributed by atoms with Gasteiger partial charge >= 0.3 is 12.3 Å². The maximum Gasteiger partial charge on any atom is 0.435 e. The zero-order chi connectivity index (χ0) is 16.6. The molecule has 5 nitrogen and oxygen atoms in total. The molecule has 22 heavy (non-hydrogen) atoms. The van der Waals surface area contributed by atoms with Gasteiger partial charge in [0.25, 0.3) is 0 Å². The van der Waals surface area contributed by atoms with Crippen molar-refractivity contribution >= 4 is 6.09 Å². The zero-order valence-corrected chi connectivity index (χ0v) is 12.7. The molecular formula is C14H19F3N2O3. The van der Waals surface area contributed by atoms with E-state index in [1.54, 1.807) is 20.8 Å². The highest BCUT2D eigenvalue weighted by Gasteiger charge is 2.58.